The van der Waals surface area contributed by atoms with Crippen molar-refractivity contribution < 1.29 is 9.53 Å². The third kappa shape index (κ3) is 3.73. The predicted molar refractivity (Wildman–Crippen MR) is 91.5 cm³/mol. The van der Waals surface area contributed by atoms with Crippen LogP contribution in [-0.2, 0) is 11.2 Å². The van der Waals surface area contributed by atoms with Gasteiger partial charge in [0.05, 0.1) is 6.04 Å². The number of aryl methyl sites for hydroxylation is 2. The van der Waals surface area contributed by atoms with Crippen molar-refractivity contribution in [1.29, 1.82) is 0 Å². The fraction of sp³-hybridized carbons (Fsp3) is 0.350. The van der Waals surface area contributed by atoms with Crippen LogP contribution in [0, 0.1) is 6.92 Å². The lowest BCUT2D eigenvalue weighted by Crippen LogP contribution is -2.39. The second kappa shape index (κ2) is 6.86. The SMILES string of the molecule is Cc1ccc(O[C@H](C)C(=O)N[C@@H]2CCCc3ccccc32)cc1. The predicted octanol–water partition coefficient (Wildman–Crippen LogP) is 3.96. The summed E-state index contributed by atoms with van der Waals surface area (Å²) >= 11 is 0. The highest BCUT2D eigenvalue weighted by molar-refractivity contribution is 5.81. The van der Waals surface area contributed by atoms with Crippen molar-refractivity contribution in [3.63, 3.8) is 0 Å². The second-order valence-electron chi connectivity index (χ2n) is 6.23. The van der Waals surface area contributed by atoms with E-state index in [-0.39, 0.29) is 11.9 Å². The van der Waals surface area contributed by atoms with Gasteiger partial charge in [-0.15, -0.1) is 0 Å². The summed E-state index contributed by atoms with van der Waals surface area (Å²) in [5, 5.41) is 3.14. The molecule has 1 aliphatic carbocycles. The van der Waals surface area contributed by atoms with Gasteiger partial charge in [0.25, 0.3) is 5.91 Å². The number of carbonyl (C=O) groups excluding carboxylic acids is 1. The summed E-state index contributed by atoms with van der Waals surface area (Å²) in [7, 11) is 0. The molecule has 0 unspecified atom stereocenters. The van der Waals surface area contributed by atoms with E-state index in [4.69, 9.17) is 4.74 Å². The third-order valence-corrected chi connectivity index (χ3v) is 4.39. The Morgan fingerprint density at radius 3 is 2.70 bits per heavy atom. The fourth-order valence-corrected chi connectivity index (χ4v) is 3.07. The van der Waals surface area contributed by atoms with E-state index >= 15 is 0 Å². The largest absolute Gasteiger partial charge is 0.481 e. The zero-order chi connectivity index (χ0) is 16.2. The molecule has 1 N–H and O–H groups in total. The van der Waals surface area contributed by atoms with Gasteiger partial charge in [0.2, 0.25) is 0 Å². The van der Waals surface area contributed by atoms with E-state index in [1.54, 1.807) is 6.92 Å². The first kappa shape index (κ1) is 15.6. The van der Waals surface area contributed by atoms with Crippen LogP contribution in [-0.4, -0.2) is 12.0 Å². The fourth-order valence-electron chi connectivity index (χ4n) is 3.07. The Morgan fingerprint density at radius 1 is 1.17 bits per heavy atom. The molecule has 2 aromatic carbocycles. The molecule has 0 saturated heterocycles. The van der Waals surface area contributed by atoms with Crippen LogP contribution in [0.5, 0.6) is 5.75 Å². The maximum absolute atomic E-state index is 12.5. The molecule has 0 heterocycles. The second-order valence-corrected chi connectivity index (χ2v) is 6.23. The smallest absolute Gasteiger partial charge is 0.261 e. The Kier molecular flexibility index (Phi) is 4.65. The standard InChI is InChI=1S/C20H23NO2/c1-14-10-12-17(13-11-14)23-15(2)20(22)21-19-9-5-7-16-6-3-4-8-18(16)19/h3-4,6,8,10-13,15,19H,5,7,9H2,1-2H3,(H,21,22)/t15-,19-/m1/s1. The molecule has 0 spiro atoms. The Morgan fingerprint density at radius 2 is 1.91 bits per heavy atom. The van der Waals surface area contributed by atoms with E-state index < -0.39 is 6.10 Å². The van der Waals surface area contributed by atoms with Crippen LogP contribution in [0.1, 0.15) is 42.5 Å². The monoisotopic (exact) mass is 309 g/mol. The molecule has 0 radical (unpaired) electrons. The first-order valence-corrected chi connectivity index (χ1v) is 8.25. The molecule has 0 aliphatic heterocycles. The molecule has 23 heavy (non-hydrogen) atoms. The van der Waals surface area contributed by atoms with E-state index in [9.17, 15) is 4.79 Å². The van der Waals surface area contributed by atoms with Crippen LogP contribution in [0.3, 0.4) is 0 Å². The summed E-state index contributed by atoms with van der Waals surface area (Å²) < 4.78 is 5.75. The van der Waals surface area contributed by atoms with Crippen LogP contribution < -0.4 is 10.1 Å². The molecule has 2 aromatic rings. The lowest BCUT2D eigenvalue weighted by atomic mass is 9.87. The van der Waals surface area contributed by atoms with Gasteiger partial charge in [0.1, 0.15) is 5.75 Å². The van der Waals surface area contributed by atoms with E-state index in [0.29, 0.717) is 0 Å². The van der Waals surface area contributed by atoms with Crippen molar-refractivity contribution in [2.75, 3.05) is 0 Å². The highest BCUT2D eigenvalue weighted by Gasteiger charge is 2.24. The van der Waals surface area contributed by atoms with Crippen LogP contribution in [0.2, 0.25) is 0 Å². The minimum absolute atomic E-state index is 0.0627. The topological polar surface area (TPSA) is 38.3 Å². The van der Waals surface area contributed by atoms with Gasteiger partial charge >= 0.3 is 0 Å². The Bertz CT molecular complexity index is 678. The average Bonchev–Trinajstić information content (AvgIpc) is 2.57. The molecule has 2 atom stereocenters. The van der Waals surface area contributed by atoms with Gasteiger partial charge in [-0.1, -0.05) is 42.0 Å². The van der Waals surface area contributed by atoms with Crippen LogP contribution >= 0.6 is 0 Å². The van der Waals surface area contributed by atoms with Gasteiger partial charge in [0.15, 0.2) is 6.10 Å². The summed E-state index contributed by atoms with van der Waals surface area (Å²) in [4.78, 5) is 12.5. The highest BCUT2D eigenvalue weighted by Crippen LogP contribution is 2.29. The van der Waals surface area contributed by atoms with E-state index in [2.05, 4.69) is 23.5 Å². The number of fused-ring (bicyclic) bond motifs is 1. The number of nitrogens with one attached hydrogen (secondary N) is 1. The molecule has 1 amide bonds. The van der Waals surface area contributed by atoms with Gasteiger partial charge < -0.3 is 10.1 Å². The summed E-state index contributed by atoms with van der Waals surface area (Å²) in [6, 6.07) is 16.2. The minimum atomic E-state index is -0.508. The summed E-state index contributed by atoms with van der Waals surface area (Å²) in [5.74, 6) is 0.662. The molecule has 1 aliphatic rings. The molecule has 3 heteroatoms. The van der Waals surface area contributed by atoms with Crippen molar-refractivity contribution in [2.24, 2.45) is 0 Å². The lowest BCUT2D eigenvalue weighted by Gasteiger charge is -2.27. The van der Waals surface area contributed by atoms with Gasteiger partial charge in [-0.3, -0.25) is 4.79 Å². The maximum atomic E-state index is 12.5. The van der Waals surface area contributed by atoms with Gasteiger partial charge in [-0.2, -0.15) is 0 Å². The van der Waals surface area contributed by atoms with E-state index in [0.717, 1.165) is 25.0 Å². The molecule has 3 nitrogen and oxygen atoms in total. The average molecular weight is 309 g/mol. The zero-order valence-electron chi connectivity index (χ0n) is 13.7. The molecule has 0 fully saturated rings. The van der Waals surface area contributed by atoms with Gasteiger partial charge in [0, 0.05) is 0 Å². The molecule has 3 rings (SSSR count). The molecular formula is C20H23NO2. The quantitative estimate of drug-likeness (QED) is 0.928. The van der Waals surface area contributed by atoms with Crippen molar-refractivity contribution in [3.05, 3.63) is 65.2 Å². The lowest BCUT2D eigenvalue weighted by molar-refractivity contribution is -0.128. The first-order chi connectivity index (χ1) is 11.1. The molecule has 0 aromatic heterocycles. The number of ether oxygens (including phenoxy) is 1. The van der Waals surface area contributed by atoms with Crippen molar-refractivity contribution in [2.45, 2.75) is 45.3 Å². The number of hydrogen-bond donors (Lipinski definition) is 1. The number of hydrogen-bond acceptors (Lipinski definition) is 2. The minimum Gasteiger partial charge on any atom is -0.481 e. The van der Waals surface area contributed by atoms with Gasteiger partial charge in [-0.05, 0) is 56.4 Å². The normalized spacial score (nSPS) is 17.9. The molecule has 0 saturated carbocycles. The third-order valence-electron chi connectivity index (χ3n) is 4.39. The van der Waals surface area contributed by atoms with Crippen molar-refractivity contribution >= 4 is 5.91 Å². The molecule has 0 bridgehead atoms. The summed E-state index contributed by atoms with van der Waals surface area (Å²) in [6.07, 6.45) is 2.68. The maximum Gasteiger partial charge on any atom is 0.261 e. The van der Waals surface area contributed by atoms with Crippen LogP contribution in [0.25, 0.3) is 0 Å². The van der Waals surface area contributed by atoms with Crippen molar-refractivity contribution in [3.8, 4) is 5.75 Å². The highest BCUT2D eigenvalue weighted by atomic mass is 16.5. The Balaban J connectivity index is 1.64. The Labute approximate surface area is 137 Å². The zero-order valence-corrected chi connectivity index (χ0v) is 13.7. The van der Waals surface area contributed by atoms with Gasteiger partial charge in [-0.25, -0.2) is 0 Å². The number of rotatable bonds is 4. The van der Waals surface area contributed by atoms with Crippen molar-refractivity contribution in [1.82, 2.24) is 5.32 Å². The first-order valence-electron chi connectivity index (χ1n) is 8.25. The van der Waals surface area contributed by atoms with E-state index in [1.807, 2.05) is 37.3 Å². The summed E-state index contributed by atoms with van der Waals surface area (Å²) in [6.45, 7) is 3.82. The molecular weight excluding hydrogens is 286 g/mol. The molecule has 120 valence electrons. The van der Waals surface area contributed by atoms with E-state index in [1.165, 1.54) is 16.7 Å². The van der Waals surface area contributed by atoms with Crippen LogP contribution in [0.4, 0.5) is 0 Å². The Hall–Kier alpha value is -2.29. The van der Waals surface area contributed by atoms with Crippen LogP contribution in [0.15, 0.2) is 48.5 Å². The summed E-state index contributed by atoms with van der Waals surface area (Å²) in [5.41, 5.74) is 3.76. The number of carbonyl (C=O) groups is 1. The number of amides is 1. The number of benzene rings is 2.